The van der Waals surface area contributed by atoms with Crippen LogP contribution in [0.15, 0.2) is 174 Å². The molecule has 0 aliphatic carbocycles. The number of rotatable bonds is 5. The van der Waals surface area contributed by atoms with Crippen LogP contribution in [0.1, 0.15) is 0 Å². The average molecular weight is 577 g/mol. The van der Waals surface area contributed by atoms with E-state index in [-0.39, 0.29) is 0 Å². The highest BCUT2D eigenvalue weighted by Gasteiger charge is 2.22. The predicted octanol–water partition coefficient (Wildman–Crippen LogP) is 11.8. The molecule has 0 unspecified atom stereocenters. The highest BCUT2D eigenvalue weighted by molar-refractivity contribution is 6.15. The van der Waals surface area contributed by atoms with E-state index in [0.29, 0.717) is 0 Å². The molecular weight excluding hydrogens is 548 g/mol. The van der Waals surface area contributed by atoms with Crippen molar-refractivity contribution in [3.63, 3.8) is 0 Å². The molecule has 0 N–H and O–H groups in total. The van der Waals surface area contributed by atoms with Gasteiger partial charge in [-0.2, -0.15) is 0 Å². The zero-order chi connectivity index (χ0) is 29.7. The van der Waals surface area contributed by atoms with Crippen LogP contribution in [0.2, 0.25) is 0 Å². The molecule has 2 heterocycles. The fraction of sp³-hybridized carbons (Fsp3) is 0. The third-order valence-corrected chi connectivity index (χ3v) is 8.74. The minimum atomic E-state index is 0.888. The lowest BCUT2D eigenvalue weighted by molar-refractivity contribution is 0.669. The van der Waals surface area contributed by atoms with E-state index >= 15 is 0 Å². The lowest BCUT2D eigenvalue weighted by Gasteiger charge is -2.26. The second kappa shape index (κ2) is 10.3. The second-order valence-corrected chi connectivity index (χ2v) is 11.4. The Hall–Kier alpha value is -6.06. The van der Waals surface area contributed by atoms with Gasteiger partial charge in [0.1, 0.15) is 11.2 Å². The average Bonchev–Trinajstić information content (AvgIpc) is 3.65. The summed E-state index contributed by atoms with van der Waals surface area (Å²) in [6.07, 6.45) is 0. The van der Waals surface area contributed by atoms with Gasteiger partial charge in [0.05, 0.1) is 11.0 Å². The van der Waals surface area contributed by atoms with Crippen LogP contribution in [0.5, 0.6) is 0 Å². The molecule has 0 fully saturated rings. The first-order valence-corrected chi connectivity index (χ1v) is 15.3. The smallest absolute Gasteiger partial charge is 0.135 e. The molecule has 9 rings (SSSR count). The minimum Gasteiger partial charge on any atom is -0.456 e. The fourth-order valence-electron chi connectivity index (χ4n) is 6.77. The number of anilines is 3. The third kappa shape index (κ3) is 4.13. The van der Waals surface area contributed by atoms with Crippen molar-refractivity contribution in [2.45, 2.75) is 0 Å². The Kier molecular flexibility index (Phi) is 5.82. The molecular formula is C42H28N2O. The fourth-order valence-corrected chi connectivity index (χ4v) is 6.77. The molecule has 0 spiro atoms. The van der Waals surface area contributed by atoms with Crippen molar-refractivity contribution in [1.82, 2.24) is 4.57 Å². The Labute approximate surface area is 260 Å². The molecule has 0 amide bonds. The van der Waals surface area contributed by atoms with Crippen molar-refractivity contribution in [3.8, 4) is 16.8 Å². The van der Waals surface area contributed by atoms with Crippen molar-refractivity contribution in [1.29, 1.82) is 0 Å². The van der Waals surface area contributed by atoms with Crippen LogP contribution in [0.4, 0.5) is 17.1 Å². The quantitative estimate of drug-likeness (QED) is 0.203. The lowest BCUT2D eigenvalue weighted by Crippen LogP contribution is -2.10. The molecule has 212 valence electrons. The van der Waals surface area contributed by atoms with Crippen molar-refractivity contribution >= 4 is 60.8 Å². The summed E-state index contributed by atoms with van der Waals surface area (Å²) in [6.45, 7) is 0. The third-order valence-electron chi connectivity index (χ3n) is 8.74. The van der Waals surface area contributed by atoms with E-state index in [1.54, 1.807) is 0 Å². The molecule has 3 heteroatoms. The highest BCUT2D eigenvalue weighted by Crippen LogP contribution is 2.45. The van der Waals surface area contributed by atoms with Gasteiger partial charge < -0.3 is 13.9 Å². The summed E-state index contributed by atoms with van der Waals surface area (Å²) >= 11 is 0. The Morgan fingerprint density at radius 1 is 0.422 bits per heavy atom. The van der Waals surface area contributed by atoms with Gasteiger partial charge in [0.15, 0.2) is 0 Å². The summed E-state index contributed by atoms with van der Waals surface area (Å²) in [4.78, 5) is 2.36. The Bertz CT molecular complexity index is 2470. The predicted molar refractivity (Wildman–Crippen MR) is 188 cm³/mol. The van der Waals surface area contributed by atoms with Crippen molar-refractivity contribution < 1.29 is 4.42 Å². The minimum absolute atomic E-state index is 0.888. The molecule has 3 nitrogen and oxygen atoms in total. The van der Waals surface area contributed by atoms with E-state index in [1.165, 1.54) is 32.9 Å². The maximum absolute atomic E-state index is 6.20. The number of fused-ring (bicyclic) bond motifs is 6. The van der Waals surface area contributed by atoms with E-state index in [1.807, 2.05) is 12.1 Å². The topological polar surface area (TPSA) is 21.3 Å². The molecule has 0 radical (unpaired) electrons. The van der Waals surface area contributed by atoms with Crippen LogP contribution in [-0.4, -0.2) is 4.57 Å². The van der Waals surface area contributed by atoms with Crippen LogP contribution in [0.3, 0.4) is 0 Å². The number of aromatic nitrogens is 1. The van der Waals surface area contributed by atoms with Crippen molar-refractivity contribution in [2.24, 2.45) is 0 Å². The van der Waals surface area contributed by atoms with Crippen LogP contribution in [-0.2, 0) is 0 Å². The number of hydrogen-bond acceptors (Lipinski definition) is 2. The molecule has 0 saturated carbocycles. The highest BCUT2D eigenvalue weighted by atomic mass is 16.3. The number of nitrogens with zero attached hydrogens (tertiary/aromatic N) is 2. The van der Waals surface area contributed by atoms with Gasteiger partial charge in [0, 0.05) is 49.9 Å². The number of furan rings is 1. The summed E-state index contributed by atoms with van der Waals surface area (Å²) in [6, 6.07) is 60.3. The maximum atomic E-state index is 6.20. The van der Waals surface area contributed by atoms with Gasteiger partial charge in [0.2, 0.25) is 0 Å². The van der Waals surface area contributed by atoms with Gasteiger partial charge in [-0.15, -0.1) is 0 Å². The number of para-hydroxylation sites is 4. The van der Waals surface area contributed by atoms with Gasteiger partial charge in [-0.25, -0.2) is 0 Å². The number of hydrogen-bond donors (Lipinski definition) is 0. The summed E-state index contributed by atoms with van der Waals surface area (Å²) in [5.41, 5.74) is 10.9. The largest absolute Gasteiger partial charge is 0.456 e. The van der Waals surface area contributed by atoms with Gasteiger partial charge >= 0.3 is 0 Å². The molecule has 0 bridgehead atoms. The summed E-state index contributed by atoms with van der Waals surface area (Å²) in [5, 5.41) is 4.66. The van der Waals surface area contributed by atoms with Crippen molar-refractivity contribution in [3.05, 3.63) is 170 Å². The summed E-state index contributed by atoms with van der Waals surface area (Å²) in [5.74, 6) is 0. The van der Waals surface area contributed by atoms with Crippen LogP contribution in [0, 0.1) is 0 Å². The van der Waals surface area contributed by atoms with E-state index in [9.17, 15) is 0 Å². The van der Waals surface area contributed by atoms with E-state index in [2.05, 4.69) is 167 Å². The van der Waals surface area contributed by atoms with E-state index in [0.717, 1.165) is 44.7 Å². The van der Waals surface area contributed by atoms with Crippen molar-refractivity contribution in [2.75, 3.05) is 4.90 Å². The molecule has 0 saturated heterocycles. The van der Waals surface area contributed by atoms with Gasteiger partial charge in [0.25, 0.3) is 0 Å². The summed E-state index contributed by atoms with van der Waals surface area (Å²) in [7, 11) is 0. The normalized spacial score (nSPS) is 11.6. The zero-order valence-corrected chi connectivity index (χ0v) is 24.5. The SMILES string of the molecule is c1ccc(-c2cc(N(c3ccccc3)c3ccc4oc5ccccc5c4c3)cc3c4ccccc4n(-c4ccccc4)c23)cc1. The Morgan fingerprint density at radius 3 is 1.84 bits per heavy atom. The number of benzene rings is 7. The zero-order valence-electron chi connectivity index (χ0n) is 24.5. The molecule has 0 aliphatic rings. The molecule has 0 atom stereocenters. The van der Waals surface area contributed by atoms with E-state index in [4.69, 9.17) is 4.42 Å². The second-order valence-electron chi connectivity index (χ2n) is 11.4. The van der Waals surface area contributed by atoms with Crippen LogP contribution >= 0.6 is 0 Å². The standard InChI is InChI=1S/C42H28N2O/c1-4-14-29(15-5-1)36-27-33(28-38-34-20-10-12-22-39(34)44(42(36)38)31-18-8-3-9-19-31)43(30-16-6-2-7-17-30)32-24-25-41-37(26-32)35-21-11-13-23-40(35)45-41/h1-28H. The molecule has 45 heavy (non-hydrogen) atoms. The van der Waals surface area contributed by atoms with Crippen LogP contribution < -0.4 is 4.90 Å². The van der Waals surface area contributed by atoms with Gasteiger partial charge in [-0.1, -0.05) is 103 Å². The first-order chi connectivity index (χ1) is 22.3. The first kappa shape index (κ1) is 25.4. The van der Waals surface area contributed by atoms with Gasteiger partial charge in [-0.05, 0) is 72.3 Å². The monoisotopic (exact) mass is 576 g/mol. The Balaban J connectivity index is 1.38. The first-order valence-electron chi connectivity index (χ1n) is 15.3. The molecule has 7 aromatic carbocycles. The molecule has 9 aromatic rings. The lowest BCUT2D eigenvalue weighted by atomic mass is 9.99. The van der Waals surface area contributed by atoms with Crippen LogP contribution in [0.25, 0.3) is 60.6 Å². The van der Waals surface area contributed by atoms with E-state index < -0.39 is 0 Å². The van der Waals surface area contributed by atoms with Gasteiger partial charge in [-0.3, -0.25) is 0 Å². The molecule has 2 aromatic heterocycles. The molecule has 0 aliphatic heterocycles. The summed E-state index contributed by atoms with van der Waals surface area (Å²) < 4.78 is 8.61. The maximum Gasteiger partial charge on any atom is 0.135 e. The Morgan fingerprint density at radius 2 is 1.04 bits per heavy atom.